The average molecular weight is 304 g/mol. The van der Waals surface area contributed by atoms with Crippen LogP contribution in [0.3, 0.4) is 0 Å². The minimum atomic E-state index is -3.40. The lowest BCUT2D eigenvalue weighted by Gasteiger charge is -2.33. The fraction of sp³-hybridized carbons (Fsp3) is 0.600. The SMILES string of the molecule is CNS(=O)(=O)N1CCN(C(=O)c2cc(C)sn2)CC1. The Hall–Kier alpha value is -1.03. The summed E-state index contributed by atoms with van der Waals surface area (Å²) in [6, 6.07) is 1.75. The van der Waals surface area contributed by atoms with Gasteiger partial charge in [-0.25, -0.2) is 4.72 Å². The molecule has 9 heteroatoms. The Kier molecular flexibility index (Phi) is 4.19. The zero-order chi connectivity index (χ0) is 14.0. The summed E-state index contributed by atoms with van der Waals surface area (Å²) >= 11 is 1.29. The Balaban J connectivity index is 1.99. The number of carbonyl (C=O) groups is 1. The van der Waals surface area contributed by atoms with E-state index in [9.17, 15) is 13.2 Å². The van der Waals surface area contributed by atoms with Crippen LogP contribution in [0.5, 0.6) is 0 Å². The van der Waals surface area contributed by atoms with Gasteiger partial charge in [0.15, 0.2) is 0 Å². The van der Waals surface area contributed by atoms with Gasteiger partial charge in [-0.05, 0) is 24.5 Å². The maximum absolute atomic E-state index is 12.1. The fourth-order valence-electron chi connectivity index (χ4n) is 1.89. The molecule has 1 aliphatic rings. The van der Waals surface area contributed by atoms with Crippen molar-refractivity contribution in [3.05, 3.63) is 16.6 Å². The normalized spacial score (nSPS) is 17.7. The Morgan fingerprint density at radius 3 is 2.47 bits per heavy atom. The number of amides is 1. The highest BCUT2D eigenvalue weighted by Gasteiger charge is 2.28. The second-order valence-corrected chi connectivity index (χ2v) is 7.11. The number of carbonyl (C=O) groups excluding carboxylic acids is 1. The Morgan fingerprint density at radius 1 is 1.37 bits per heavy atom. The molecule has 0 saturated carbocycles. The summed E-state index contributed by atoms with van der Waals surface area (Å²) in [4.78, 5) is 14.7. The number of hydrogen-bond donors (Lipinski definition) is 1. The summed E-state index contributed by atoms with van der Waals surface area (Å²) in [6.45, 7) is 3.27. The van der Waals surface area contributed by atoms with E-state index in [2.05, 4.69) is 9.10 Å². The number of rotatable bonds is 3. The molecule has 1 aromatic heterocycles. The molecule has 0 radical (unpaired) electrons. The molecule has 1 N–H and O–H groups in total. The molecular weight excluding hydrogens is 288 g/mol. The lowest BCUT2D eigenvalue weighted by molar-refractivity contribution is 0.0692. The highest BCUT2D eigenvalue weighted by molar-refractivity contribution is 7.87. The molecule has 1 amide bonds. The summed E-state index contributed by atoms with van der Waals surface area (Å²) in [5.74, 6) is -0.133. The summed E-state index contributed by atoms with van der Waals surface area (Å²) in [5.41, 5.74) is 0.437. The predicted molar refractivity (Wildman–Crippen MR) is 72.3 cm³/mol. The molecule has 106 valence electrons. The molecule has 2 rings (SSSR count). The van der Waals surface area contributed by atoms with Crippen molar-refractivity contribution in [3.63, 3.8) is 0 Å². The summed E-state index contributed by atoms with van der Waals surface area (Å²) in [6.07, 6.45) is 0. The topological polar surface area (TPSA) is 82.6 Å². The van der Waals surface area contributed by atoms with Gasteiger partial charge in [0.1, 0.15) is 5.69 Å². The quantitative estimate of drug-likeness (QED) is 0.829. The molecule has 2 heterocycles. The first-order chi connectivity index (χ1) is 8.94. The standard InChI is InChI=1S/C10H16N4O3S2/c1-8-7-9(12-18-8)10(15)13-3-5-14(6-4-13)19(16,17)11-2/h7,11H,3-6H2,1-2H3. The largest absolute Gasteiger partial charge is 0.335 e. The number of nitrogens with zero attached hydrogens (tertiary/aromatic N) is 3. The molecular formula is C10H16N4O3S2. The van der Waals surface area contributed by atoms with Crippen molar-refractivity contribution < 1.29 is 13.2 Å². The van der Waals surface area contributed by atoms with Crippen LogP contribution >= 0.6 is 11.5 Å². The van der Waals surface area contributed by atoms with Gasteiger partial charge in [0.2, 0.25) is 0 Å². The molecule has 1 aliphatic heterocycles. The molecule has 1 saturated heterocycles. The molecule has 0 spiro atoms. The van der Waals surface area contributed by atoms with E-state index in [1.165, 1.54) is 22.9 Å². The van der Waals surface area contributed by atoms with E-state index in [0.717, 1.165) is 4.88 Å². The summed E-state index contributed by atoms with van der Waals surface area (Å²) in [5, 5.41) is 0. The molecule has 7 nitrogen and oxygen atoms in total. The molecule has 0 aliphatic carbocycles. The van der Waals surface area contributed by atoms with Crippen LogP contribution in [-0.2, 0) is 10.2 Å². The molecule has 1 aromatic rings. The summed E-state index contributed by atoms with van der Waals surface area (Å²) < 4.78 is 30.9. The average Bonchev–Trinajstić information content (AvgIpc) is 2.85. The van der Waals surface area contributed by atoms with Gasteiger partial charge >= 0.3 is 0 Å². The Morgan fingerprint density at radius 2 is 2.00 bits per heavy atom. The van der Waals surface area contributed by atoms with Gasteiger partial charge in [-0.3, -0.25) is 4.79 Å². The lowest BCUT2D eigenvalue weighted by Crippen LogP contribution is -2.52. The van der Waals surface area contributed by atoms with Crippen molar-refractivity contribution in [1.29, 1.82) is 0 Å². The van der Waals surface area contributed by atoms with Crippen molar-refractivity contribution in [2.45, 2.75) is 6.92 Å². The molecule has 1 fully saturated rings. The third-order valence-corrected chi connectivity index (χ3v) is 5.23. The number of nitrogens with one attached hydrogen (secondary N) is 1. The first-order valence-corrected chi connectivity index (χ1v) is 8.06. The molecule has 19 heavy (non-hydrogen) atoms. The summed E-state index contributed by atoms with van der Waals surface area (Å²) in [7, 11) is -2.02. The van der Waals surface area contributed by atoms with E-state index in [-0.39, 0.29) is 5.91 Å². The van der Waals surface area contributed by atoms with Gasteiger partial charge in [0.05, 0.1) is 0 Å². The highest BCUT2D eigenvalue weighted by atomic mass is 32.2. The van der Waals surface area contributed by atoms with Gasteiger partial charge < -0.3 is 4.90 Å². The predicted octanol–water partition coefficient (Wildman–Crippen LogP) is -0.326. The number of aryl methyl sites for hydroxylation is 1. The molecule has 0 bridgehead atoms. The van der Waals surface area contributed by atoms with Gasteiger partial charge in [0.25, 0.3) is 16.1 Å². The van der Waals surface area contributed by atoms with E-state index in [0.29, 0.717) is 31.9 Å². The van der Waals surface area contributed by atoms with Crippen LogP contribution in [0.2, 0.25) is 0 Å². The van der Waals surface area contributed by atoms with Gasteiger partial charge in [-0.1, -0.05) is 0 Å². The maximum Gasteiger partial charge on any atom is 0.279 e. The van der Waals surface area contributed by atoms with Crippen LogP contribution in [0.25, 0.3) is 0 Å². The first kappa shape index (κ1) is 14.4. The van der Waals surface area contributed by atoms with E-state index in [1.807, 2.05) is 6.92 Å². The number of hydrogen-bond acceptors (Lipinski definition) is 5. The van der Waals surface area contributed by atoms with E-state index < -0.39 is 10.2 Å². The minimum Gasteiger partial charge on any atom is -0.335 e. The van der Waals surface area contributed by atoms with Crippen LogP contribution in [-0.4, -0.2) is 61.1 Å². The van der Waals surface area contributed by atoms with Crippen molar-refractivity contribution in [3.8, 4) is 0 Å². The first-order valence-electron chi connectivity index (χ1n) is 5.85. The third-order valence-electron chi connectivity index (χ3n) is 2.97. The zero-order valence-corrected chi connectivity index (χ0v) is 12.4. The number of aromatic nitrogens is 1. The second-order valence-electron chi connectivity index (χ2n) is 4.22. The zero-order valence-electron chi connectivity index (χ0n) is 10.8. The monoisotopic (exact) mass is 304 g/mol. The molecule has 0 atom stereocenters. The van der Waals surface area contributed by atoms with E-state index in [1.54, 1.807) is 11.0 Å². The van der Waals surface area contributed by atoms with Gasteiger partial charge in [0, 0.05) is 38.1 Å². The van der Waals surface area contributed by atoms with Gasteiger partial charge in [-0.15, -0.1) is 0 Å². The minimum absolute atomic E-state index is 0.133. The highest BCUT2D eigenvalue weighted by Crippen LogP contribution is 2.13. The lowest BCUT2D eigenvalue weighted by atomic mass is 10.3. The van der Waals surface area contributed by atoms with Crippen LogP contribution in [0.1, 0.15) is 15.4 Å². The van der Waals surface area contributed by atoms with E-state index in [4.69, 9.17) is 0 Å². The molecule has 0 aromatic carbocycles. The van der Waals surface area contributed by atoms with Crippen molar-refractivity contribution in [1.82, 2.24) is 18.3 Å². The van der Waals surface area contributed by atoms with Crippen molar-refractivity contribution >= 4 is 27.6 Å². The van der Waals surface area contributed by atoms with Crippen LogP contribution in [0.15, 0.2) is 6.07 Å². The van der Waals surface area contributed by atoms with Crippen LogP contribution < -0.4 is 4.72 Å². The fourth-order valence-corrected chi connectivity index (χ4v) is 3.33. The smallest absolute Gasteiger partial charge is 0.279 e. The van der Waals surface area contributed by atoms with Crippen molar-refractivity contribution in [2.24, 2.45) is 0 Å². The Labute approximate surface area is 116 Å². The maximum atomic E-state index is 12.1. The van der Waals surface area contributed by atoms with Crippen LogP contribution in [0.4, 0.5) is 0 Å². The number of piperazine rings is 1. The van der Waals surface area contributed by atoms with Gasteiger partial charge in [-0.2, -0.15) is 17.1 Å². The van der Waals surface area contributed by atoms with E-state index >= 15 is 0 Å². The second kappa shape index (κ2) is 5.53. The van der Waals surface area contributed by atoms with Crippen molar-refractivity contribution in [2.75, 3.05) is 33.2 Å². The Bertz CT molecular complexity index is 561. The molecule has 0 unspecified atom stereocenters. The van der Waals surface area contributed by atoms with Crippen LogP contribution in [0, 0.1) is 6.92 Å². The third kappa shape index (κ3) is 3.11.